The van der Waals surface area contributed by atoms with E-state index >= 15 is 0 Å². The lowest BCUT2D eigenvalue weighted by Crippen LogP contribution is -1.83. The van der Waals surface area contributed by atoms with Gasteiger partial charge < -0.3 is 4.74 Å². The van der Waals surface area contributed by atoms with Crippen LogP contribution in [0.1, 0.15) is 5.56 Å². The number of hydrogen-bond donors (Lipinski definition) is 0. The first-order valence-electron chi connectivity index (χ1n) is 3.38. The van der Waals surface area contributed by atoms with Gasteiger partial charge in [-0.15, -0.1) is 0 Å². The van der Waals surface area contributed by atoms with Gasteiger partial charge in [0.25, 0.3) is 0 Å². The predicted molar refractivity (Wildman–Crippen MR) is 58.7 cm³/mol. The highest BCUT2D eigenvalue weighted by Gasteiger charge is 1.97. The van der Waals surface area contributed by atoms with E-state index in [-0.39, 0.29) is 0 Å². The minimum Gasteiger partial charge on any atom is -0.497 e. The number of halogens is 2. The fourth-order valence-electron chi connectivity index (χ4n) is 0.844. The van der Waals surface area contributed by atoms with Crippen molar-refractivity contribution in [3.63, 3.8) is 0 Å². The van der Waals surface area contributed by atoms with Crippen molar-refractivity contribution >= 4 is 37.9 Å². The lowest BCUT2D eigenvalue weighted by Gasteiger charge is -2.02. The second-order valence-corrected chi connectivity index (χ2v) is 3.56. The first-order valence-corrected chi connectivity index (χ1v) is 5.09. The molecule has 0 radical (unpaired) electrons. The Balaban J connectivity index is 3.08. The third-order valence-corrected chi connectivity index (χ3v) is 2.43. The third kappa shape index (κ3) is 2.35. The number of benzene rings is 1. The molecule has 0 aliphatic carbocycles. The summed E-state index contributed by atoms with van der Waals surface area (Å²) in [6.45, 7) is 0. The van der Waals surface area contributed by atoms with Gasteiger partial charge in [0.1, 0.15) is 5.75 Å². The predicted octanol–water partition coefficient (Wildman–Crippen LogP) is 3.82. The molecule has 0 aliphatic rings. The van der Waals surface area contributed by atoms with E-state index < -0.39 is 0 Å². The highest BCUT2D eigenvalue weighted by molar-refractivity contribution is 9.11. The monoisotopic (exact) mass is 290 g/mol. The Kier molecular flexibility index (Phi) is 3.82. The molecule has 1 aromatic rings. The maximum atomic E-state index is 5.09. The average molecular weight is 292 g/mol. The molecule has 0 atom stereocenters. The van der Waals surface area contributed by atoms with Gasteiger partial charge in [0.2, 0.25) is 0 Å². The van der Waals surface area contributed by atoms with Crippen LogP contribution in [-0.2, 0) is 0 Å². The SMILES string of the molecule is COc1ccc(Br)c(/C=C\Br)c1. The van der Waals surface area contributed by atoms with Crippen LogP contribution >= 0.6 is 31.9 Å². The van der Waals surface area contributed by atoms with E-state index in [0.717, 1.165) is 15.8 Å². The van der Waals surface area contributed by atoms with E-state index in [0.29, 0.717) is 0 Å². The maximum Gasteiger partial charge on any atom is 0.119 e. The Hall–Kier alpha value is -0.280. The van der Waals surface area contributed by atoms with Crippen LogP contribution in [0, 0.1) is 0 Å². The molecule has 0 saturated carbocycles. The molecule has 1 nitrogen and oxygen atoms in total. The van der Waals surface area contributed by atoms with Crippen LogP contribution in [0.5, 0.6) is 5.75 Å². The van der Waals surface area contributed by atoms with Crippen molar-refractivity contribution in [2.45, 2.75) is 0 Å². The summed E-state index contributed by atoms with van der Waals surface area (Å²) in [6, 6.07) is 5.83. The maximum absolute atomic E-state index is 5.09. The minimum absolute atomic E-state index is 0.860. The van der Waals surface area contributed by atoms with Crippen LogP contribution < -0.4 is 4.74 Å². The lowest BCUT2D eigenvalue weighted by atomic mass is 10.2. The third-order valence-electron chi connectivity index (χ3n) is 1.45. The summed E-state index contributed by atoms with van der Waals surface area (Å²) >= 11 is 6.66. The summed E-state index contributed by atoms with van der Waals surface area (Å²) in [4.78, 5) is 1.81. The molecular weight excluding hydrogens is 284 g/mol. The van der Waals surface area contributed by atoms with Crippen molar-refractivity contribution in [2.75, 3.05) is 7.11 Å². The van der Waals surface area contributed by atoms with Crippen molar-refractivity contribution < 1.29 is 4.74 Å². The van der Waals surface area contributed by atoms with Gasteiger partial charge in [-0.05, 0) is 34.8 Å². The second-order valence-electron chi connectivity index (χ2n) is 2.18. The topological polar surface area (TPSA) is 9.23 Å². The van der Waals surface area contributed by atoms with Gasteiger partial charge >= 0.3 is 0 Å². The molecule has 64 valence electrons. The summed E-state index contributed by atoms with van der Waals surface area (Å²) < 4.78 is 6.14. The first kappa shape index (κ1) is 9.81. The summed E-state index contributed by atoms with van der Waals surface area (Å²) in [7, 11) is 1.66. The summed E-state index contributed by atoms with van der Waals surface area (Å²) in [6.07, 6.45) is 1.95. The minimum atomic E-state index is 0.860. The fourth-order valence-corrected chi connectivity index (χ4v) is 1.51. The zero-order chi connectivity index (χ0) is 8.97. The van der Waals surface area contributed by atoms with Crippen molar-refractivity contribution in [3.05, 3.63) is 33.2 Å². The molecule has 0 heterocycles. The standard InChI is InChI=1S/C9H8Br2O/c1-12-8-2-3-9(11)7(6-8)4-5-10/h2-6H,1H3/b5-4-. The highest BCUT2D eigenvalue weighted by atomic mass is 79.9. The quantitative estimate of drug-likeness (QED) is 0.805. The van der Waals surface area contributed by atoms with Gasteiger partial charge in [0.05, 0.1) is 7.11 Å². The molecule has 0 saturated heterocycles. The van der Waals surface area contributed by atoms with Gasteiger partial charge in [-0.3, -0.25) is 0 Å². The van der Waals surface area contributed by atoms with Crippen LogP contribution in [0.15, 0.2) is 27.7 Å². The van der Waals surface area contributed by atoms with Gasteiger partial charge in [0.15, 0.2) is 0 Å². The molecule has 12 heavy (non-hydrogen) atoms. The molecule has 0 aromatic heterocycles. The van der Waals surface area contributed by atoms with Crippen LogP contribution in [-0.4, -0.2) is 7.11 Å². The van der Waals surface area contributed by atoms with Crippen LogP contribution in [0.4, 0.5) is 0 Å². The molecule has 0 aliphatic heterocycles. The number of hydrogen-bond acceptors (Lipinski definition) is 1. The summed E-state index contributed by atoms with van der Waals surface area (Å²) in [5, 5.41) is 0. The Labute approximate surface area is 88.7 Å². The van der Waals surface area contributed by atoms with E-state index in [1.165, 1.54) is 0 Å². The Bertz CT molecular complexity index is 295. The smallest absolute Gasteiger partial charge is 0.119 e. The van der Waals surface area contributed by atoms with E-state index in [1.54, 1.807) is 7.11 Å². The largest absolute Gasteiger partial charge is 0.497 e. The zero-order valence-corrected chi connectivity index (χ0v) is 9.72. The van der Waals surface area contributed by atoms with Crippen LogP contribution in [0.25, 0.3) is 6.08 Å². The van der Waals surface area contributed by atoms with E-state index in [1.807, 2.05) is 29.3 Å². The molecule has 0 amide bonds. The molecule has 3 heteroatoms. The molecule has 1 rings (SSSR count). The lowest BCUT2D eigenvalue weighted by molar-refractivity contribution is 0.414. The van der Waals surface area contributed by atoms with Crippen molar-refractivity contribution in [3.8, 4) is 5.75 Å². The molecule has 1 aromatic carbocycles. The number of ether oxygens (including phenoxy) is 1. The second kappa shape index (κ2) is 4.67. The molecule has 0 N–H and O–H groups in total. The molecule has 0 bridgehead atoms. The fraction of sp³-hybridized carbons (Fsp3) is 0.111. The normalized spacial score (nSPS) is 10.6. The molecular formula is C9H8Br2O. The first-order chi connectivity index (χ1) is 5.77. The van der Waals surface area contributed by atoms with Crippen molar-refractivity contribution in [1.29, 1.82) is 0 Å². The van der Waals surface area contributed by atoms with Crippen LogP contribution in [0.3, 0.4) is 0 Å². The van der Waals surface area contributed by atoms with Crippen molar-refractivity contribution in [1.82, 2.24) is 0 Å². The summed E-state index contributed by atoms with van der Waals surface area (Å²) in [5.41, 5.74) is 1.09. The van der Waals surface area contributed by atoms with E-state index in [4.69, 9.17) is 4.74 Å². The Morgan fingerprint density at radius 3 is 2.75 bits per heavy atom. The van der Waals surface area contributed by atoms with E-state index in [2.05, 4.69) is 31.9 Å². The van der Waals surface area contributed by atoms with Crippen molar-refractivity contribution in [2.24, 2.45) is 0 Å². The van der Waals surface area contributed by atoms with Gasteiger partial charge in [-0.2, -0.15) is 0 Å². The van der Waals surface area contributed by atoms with Gasteiger partial charge in [0, 0.05) is 4.47 Å². The zero-order valence-electron chi connectivity index (χ0n) is 6.55. The van der Waals surface area contributed by atoms with E-state index in [9.17, 15) is 0 Å². The average Bonchev–Trinajstić information content (AvgIpc) is 2.09. The number of rotatable bonds is 2. The Morgan fingerprint density at radius 1 is 1.42 bits per heavy atom. The number of methoxy groups -OCH3 is 1. The molecule has 0 spiro atoms. The Morgan fingerprint density at radius 2 is 2.17 bits per heavy atom. The molecule has 0 fully saturated rings. The van der Waals surface area contributed by atoms with Crippen LogP contribution in [0.2, 0.25) is 0 Å². The summed E-state index contributed by atoms with van der Waals surface area (Å²) in [5.74, 6) is 0.860. The van der Waals surface area contributed by atoms with Gasteiger partial charge in [-0.1, -0.05) is 31.9 Å². The highest BCUT2D eigenvalue weighted by Crippen LogP contribution is 2.23. The molecule has 0 unspecified atom stereocenters. The van der Waals surface area contributed by atoms with Gasteiger partial charge in [-0.25, -0.2) is 0 Å².